The molecule has 18 heavy (non-hydrogen) atoms. The summed E-state index contributed by atoms with van der Waals surface area (Å²) in [5.41, 5.74) is 0.714. The van der Waals surface area contributed by atoms with Gasteiger partial charge in [0.05, 0.1) is 5.56 Å². The SMILES string of the molecule is Cc1ccc(F)c(C(=O)C2(C(C)C)CCNC2)c1. The third-order valence-electron chi connectivity index (χ3n) is 4.11. The smallest absolute Gasteiger partial charge is 0.173 e. The van der Waals surface area contributed by atoms with Crippen LogP contribution in [0.4, 0.5) is 4.39 Å². The first-order valence-electron chi connectivity index (χ1n) is 6.49. The van der Waals surface area contributed by atoms with E-state index in [1.165, 1.54) is 6.07 Å². The van der Waals surface area contributed by atoms with E-state index in [1.54, 1.807) is 12.1 Å². The molecule has 1 fully saturated rings. The molecule has 0 radical (unpaired) electrons. The topological polar surface area (TPSA) is 29.1 Å². The lowest BCUT2D eigenvalue weighted by Crippen LogP contribution is -2.39. The summed E-state index contributed by atoms with van der Waals surface area (Å²) in [6.07, 6.45) is 0.789. The zero-order chi connectivity index (χ0) is 13.3. The Balaban J connectivity index is 2.43. The highest BCUT2D eigenvalue weighted by Gasteiger charge is 2.44. The lowest BCUT2D eigenvalue weighted by molar-refractivity contribution is 0.0735. The molecular weight excluding hydrogens is 229 g/mol. The summed E-state index contributed by atoms with van der Waals surface area (Å²) in [6, 6.07) is 4.75. The lowest BCUT2D eigenvalue weighted by Gasteiger charge is -2.31. The summed E-state index contributed by atoms with van der Waals surface area (Å²) in [6.45, 7) is 7.44. The van der Waals surface area contributed by atoms with Crippen molar-refractivity contribution in [1.82, 2.24) is 5.32 Å². The zero-order valence-corrected chi connectivity index (χ0v) is 11.2. The summed E-state index contributed by atoms with van der Waals surface area (Å²) in [5.74, 6) is -0.249. The molecule has 1 aromatic rings. The Morgan fingerprint density at radius 2 is 2.17 bits per heavy atom. The number of rotatable bonds is 3. The second-order valence-electron chi connectivity index (χ2n) is 5.55. The van der Waals surface area contributed by atoms with Crippen LogP contribution in [-0.4, -0.2) is 18.9 Å². The van der Waals surface area contributed by atoms with Gasteiger partial charge < -0.3 is 5.32 Å². The van der Waals surface area contributed by atoms with E-state index in [0.717, 1.165) is 18.5 Å². The number of carbonyl (C=O) groups excluding carboxylic acids is 1. The van der Waals surface area contributed by atoms with Gasteiger partial charge in [0.25, 0.3) is 0 Å². The molecule has 1 aromatic carbocycles. The van der Waals surface area contributed by atoms with Crippen LogP contribution < -0.4 is 5.32 Å². The zero-order valence-electron chi connectivity index (χ0n) is 11.2. The summed E-state index contributed by atoms with van der Waals surface area (Å²) in [4.78, 5) is 12.7. The number of hydrogen-bond donors (Lipinski definition) is 1. The first-order valence-corrected chi connectivity index (χ1v) is 6.49. The van der Waals surface area contributed by atoms with Crippen molar-refractivity contribution in [2.45, 2.75) is 27.2 Å². The highest BCUT2D eigenvalue weighted by atomic mass is 19.1. The first kappa shape index (κ1) is 13.2. The van der Waals surface area contributed by atoms with Gasteiger partial charge in [-0.15, -0.1) is 0 Å². The maximum absolute atomic E-state index is 13.9. The van der Waals surface area contributed by atoms with Crippen LogP contribution in [0.25, 0.3) is 0 Å². The van der Waals surface area contributed by atoms with Crippen LogP contribution in [0.3, 0.4) is 0 Å². The van der Waals surface area contributed by atoms with E-state index in [9.17, 15) is 9.18 Å². The molecule has 0 bridgehead atoms. The summed E-state index contributed by atoms with van der Waals surface area (Å²) in [7, 11) is 0. The molecule has 0 saturated carbocycles. The predicted octanol–water partition coefficient (Wildman–Crippen LogP) is 2.95. The van der Waals surface area contributed by atoms with Gasteiger partial charge in [0.15, 0.2) is 5.78 Å². The van der Waals surface area contributed by atoms with Crippen LogP contribution in [0.1, 0.15) is 36.2 Å². The van der Waals surface area contributed by atoms with Gasteiger partial charge in [-0.25, -0.2) is 4.39 Å². The maximum Gasteiger partial charge on any atom is 0.173 e. The molecule has 0 aliphatic carbocycles. The number of benzene rings is 1. The Labute approximate surface area is 108 Å². The van der Waals surface area contributed by atoms with Crippen molar-refractivity contribution in [3.8, 4) is 0 Å². The maximum atomic E-state index is 13.9. The molecule has 3 heteroatoms. The number of aryl methyl sites for hydroxylation is 1. The molecule has 1 atom stereocenters. The molecule has 1 heterocycles. The van der Waals surface area contributed by atoms with Crippen LogP contribution in [0, 0.1) is 24.1 Å². The molecule has 2 rings (SSSR count). The van der Waals surface area contributed by atoms with Crippen molar-refractivity contribution in [3.05, 3.63) is 35.1 Å². The third kappa shape index (κ3) is 2.07. The molecular formula is C15H20FNO. The predicted molar refractivity (Wildman–Crippen MR) is 70.2 cm³/mol. The quantitative estimate of drug-likeness (QED) is 0.834. The molecule has 98 valence electrons. The second kappa shape index (κ2) is 4.81. The average Bonchev–Trinajstić information content (AvgIpc) is 2.82. The Hall–Kier alpha value is -1.22. The highest BCUT2D eigenvalue weighted by Crippen LogP contribution is 2.38. The largest absolute Gasteiger partial charge is 0.316 e. The molecule has 1 aliphatic rings. The molecule has 1 aliphatic heterocycles. The highest BCUT2D eigenvalue weighted by molar-refractivity contribution is 6.01. The van der Waals surface area contributed by atoms with Crippen LogP contribution in [-0.2, 0) is 0 Å². The van der Waals surface area contributed by atoms with Crippen LogP contribution in [0.5, 0.6) is 0 Å². The van der Waals surface area contributed by atoms with Gasteiger partial charge in [0.2, 0.25) is 0 Å². The van der Waals surface area contributed by atoms with E-state index in [0.29, 0.717) is 6.54 Å². The van der Waals surface area contributed by atoms with E-state index in [4.69, 9.17) is 0 Å². The number of ketones is 1. The fraction of sp³-hybridized carbons (Fsp3) is 0.533. The van der Waals surface area contributed by atoms with Crippen LogP contribution >= 0.6 is 0 Å². The summed E-state index contributed by atoms with van der Waals surface area (Å²) >= 11 is 0. The van der Waals surface area contributed by atoms with Crippen molar-refractivity contribution < 1.29 is 9.18 Å². The van der Waals surface area contributed by atoms with Crippen molar-refractivity contribution in [3.63, 3.8) is 0 Å². The third-order valence-corrected chi connectivity index (χ3v) is 4.11. The monoisotopic (exact) mass is 249 g/mol. The Kier molecular flexibility index (Phi) is 3.53. The molecule has 0 aromatic heterocycles. The number of hydrogen-bond acceptors (Lipinski definition) is 2. The number of Topliss-reactive ketones (excluding diaryl/α,β-unsaturated/α-hetero) is 1. The van der Waals surface area contributed by atoms with Crippen molar-refractivity contribution >= 4 is 5.78 Å². The number of halogens is 1. The molecule has 1 saturated heterocycles. The van der Waals surface area contributed by atoms with E-state index < -0.39 is 11.2 Å². The molecule has 0 spiro atoms. The van der Waals surface area contributed by atoms with E-state index in [-0.39, 0.29) is 17.3 Å². The standard InChI is InChI=1S/C15H20FNO/c1-10(2)15(6-7-17-9-15)14(18)12-8-11(3)4-5-13(12)16/h4-5,8,10,17H,6-7,9H2,1-3H3. The van der Waals surface area contributed by atoms with Gasteiger partial charge in [-0.05, 0) is 37.9 Å². The molecule has 0 amide bonds. The first-order chi connectivity index (χ1) is 8.47. The van der Waals surface area contributed by atoms with Gasteiger partial charge in [0.1, 0.15) is 5.82 Å². The van der Waals surface area contributed by atoms with Gasteiger partial charge in [0, 0.05) is 12.0 Å². The lowest BCUT2D eigenvalue weighted by atomic mass is 9.71. The van der Waals surface area contributed by atoms with E-state index in [2.05, 4.69) is 5.32 Å². The van der Waals surface area contributed by atoms with Gasteiger partial charge in [-0.1, -0.05) is 25.5 Å². The van der Waals surface area contributed by atoms with Gasteiger partial charge >= 0.3 is 0 Å². The molecule has 1 unspecified atom stereocenters. The van der Waals surface area contributed by atoms with Gasteiger partial charge in [-0.3, -0.25) is 4.79 Å². The summed E-state index contributed by atoms with van der Waals surface area (Å²) < 4.78 is 13.9. The molecule has 1 N–H and O–H groups in total. The van der Waals surface area contributed by atoms with E-state index in [1.807, 2.05) is 20.8 Å². The fourth-order valence-corrected chi connectivity index (χ4v) is 2.74. The number of carbonyl (C=O) groups is 1. The van der Waals surface area contributed by atoms with Crippen LogP contribution in [0.2, 0.25) is 0 Å². The van der Waals surface area contributed by atoms with Crippen molar-refractivity contribution in [2.75, 3.05) is 13.1 Å². The average molecular weight is 249 g/mol. The van der Waals surface area contributed by atoms with E-state index >= 15 is 0 Å². The minimum absolute atomic E-state index is 0.0521. The van der Waals surface area contributed by atoms with Gasteiger partial charge in [-0.2, -0.15) is 0 Å². The van der Waals surface area contributed by atoms with Crippen molar-refractivity contribution in [2.24, 2.45) is 11.3 Å². The fourth-order valence-electron chi connectivity index (χ4n) is 2.74. The minimum Gasteiger partial charge on any atom is -0.316 e. The second-order valence-corrected chi connectivity index (χ2v) is 5.55. The summed E-state index contributed by atoms with van der Waals surface area (Å²) in [5, 5.41) is 3.24. The molecule has 2 nitrogen and oxygen atoms in total. The minimum atomic E-state index is -0.450. The van der Waals surface area contributed by atoms with Crippen LogP contribution in [0.15, 0.2) is 18.2 Å². The number of nitrogens with one attached hydrogen (secondary N) is 1. The van der Waals surface area contributed by atoms with Crippen molar-refractivity contribution in [1.29, 1.82) is 0 Å². The Morgan fingerprint density at radius 3 is 2.72 bits per heavy atom. The Morgan fingerprint density at radius 1 is 1.44 bits per heavy atom. The Bertz CT molecular complexity index is 462. The normalized spacial score (nSPS) is 23.6.